The van der Waals surface area contributed by atoms with E-state index in [2.05, 4.69) is 6.92 Å². The standard InChI is InChI=1S/C21H46NO3.ClH/c1-3-4-5-6-7-8-9-10-11-12-13-14-15-21(25)20-22(2,16-18-23)17-19-24;/h21,23-25H,3-20H2,1-2H3;1H/q+1;/p-1. The monoisotopic (exact) mass is 395 g/mol. The van der Waals surface area contributed by atoms with Crippen molar-refractivity contribution < 1.29 is 32.2 Å². The third-order valence-corrected chi connectivity index (χ3v) is 5.32. The summed E-state index contributed by atoms with van der Waals surface area (Å²) in [5, 5.41) is 28.5. The molecule has 5 heteroatoms. The minimum atomic E-state index is -0.328. The maximum atomic E-state index is 10.2. The van der Waals surface area contributed by atoms with Crippen LogP contribution in [0.3, 0.4) is 0 Å². The molecule has 4 nitrogen and oxygen atoms in total. The molecule has 1 atom stereocenters. The molecule has 0 bridgehead atoms. The Hall–Kier alpha value is 0.130. The van der Waals surface area contributed by atoms with Crippen LogP contribution in [-0.4, -0.2) is 65.8 Å². The zero-order valence-corrected chi connectivity index (χ0v) is 18.2. The Morgan fingerprint density at radius 1 is 0.692 bits per heavy atom. The summed E-state index contributed by atoms with van der Waals surface area (Å²) >= 11 is 0. The van der Waals surface area contributed by atoms with Crippen molar-refractivity contribution in [1.29, 1.82) is 0 Å². The molecule has 0 saturated carbocycles. The number of aliphatic hydroxyl groups is 3. The average molecular weight is 396 g/mol. The van der Waals surface area contributed by atoms with Crippen LogP contribution in [0.15, 0.2) is 0 Å². The number of likely N-dealkylation sites (N-methyl/N-ethyl adjacent to an activating group) is 1. The maximum absolute atomic E-state index is 10.2. The summed E-state index contributed by atoms with van der Waals surface area (Å²) in [6.07, 6.45) is 16.5. The van der Waals surface area contributed by atoms with Gasteiger partial charge in [0, 0.05) is 0 Å². The molecule has 0 aliphatic heterocycles. The molecule has 1 unspecified atom stereocenters. The highest BCUT2D eigenvalue weighted by Gasteiger charge is 2.24. The molecule has 0 aromatic carbocycles. The fourth-order valence-electron chi connectivity index (χ4n) is 3.60. The zero-order chi connectivity index (χ0) is 18.8. The van der Waals surface area contributed by atoms with Gasteiger partial charge < -0.3 is 32.2 Å². The molecule has 160 valence electrons. The molecular weight excluding hydrogens is 350 g/mol. The number of hydrogen-bond acceptors (Lipinski definition) is 3. The largest absolute Gasteiger partial charge is 1.00 e. The number of rotatable bonds is 19. The van der Waals surface area contributed by atoms with Gasteiger partial charge in [0.2, 0.25) is 0 Å². The van der Waals surface area contributed by atoms with Gasteiger partial charge in [-0.3, -0.25) is 0 Å². The quantitative estimate of drug-likeness (QED) is 0.225. The second-order valence-corrected chi connectivity index (χ2v) is 8.03. The maximum Gasteiger partial charge on any atom is 0.105 e. The number of halogens is 1. The fraction of sp³-hybridized carbons (Fsp3) is 1.00. The molecule has 0 aromatic heterocycles. The van der Waals surface area contributed by atoms with Crippen LogP contribution in [0.4, 0.5) is 0 Å². The molecule has 0 fully saturated rings. The summed E-state index contributed by atoms with van der Waals surface area (Å²) in [7, 11) is 2.00. The van der Waals surface area contributed by atoms with E-state index in [0.29, 0.717) is 24.1 Å². The third kappa shape index (κ3) is 17.5. The molecule has 0 radical (unpaired) electrons. The highest BCUT2D eigenvalue weighted by atomic mass is 35.5. The smallest absolute Gasteiger partial charge is 0.105 e. The molecule has 0 aliphatic carbocycles. The van der Waals surface area contributed by atoms with Crippen molar-refractivity contribution in [3.05, 3.63) is 0 Å². The van der Waals surface area contributed by atoms with E-state index in [-0.39, 0.29) is 31.7 Å². The predicted octanol–water partition coefficient (Wildman–Crippen LogP) is 0.874. The second kappa shape index (κ2) is 19.9. The molecule has 0 aliphatic rings. The van der Waals surface area contributed by atoms with E-state index >= 15 is 0 Å². The Balaban J connectivity index is 0. The Labute approximate surface area is 169 Å². The van der Waals surface area contributed by atoms with E-state index in [9.17, 15) is 5.11 Å². The Bertz CT molecular complexity index is 274. The molecule has 0 heterocycles. The van der Waals surface area contributed by atoms with Gasteiger partial charge in [0.1, 0.15) is 25.7 Å². The summed E-state index contributed by atoms with van der Waals surface area (Å²) < 4.78 is 0.548. The summed E-state index contributed by atoms with van der Waals surface area (Å²) in [5.41, 5.74) is 0. The van der Waals surface area contributed by atoms with E-state index < -0.39 is 0 Å². The van der Waals surface area contributed by atoms with Gasteiger partial charge in [0.15, 0.2) is 0 Å². The van der Waals surface area contributed by atoms with Crippen molar-refractivity contribution in [2.45, 2.75) is 96.5 Å². The van der Waals surface area contributed by atoms with Crippen molar-refractivity contribution in [3.8, 4) is 0 Å². The minimum absolute atomic E-state index is 0. The van der Waals surface area contributed by atoms with Crippen LogP contribution in [0.2, 0.25) is 0 Å². The van der Waals surface area contributed by atoms with E-state index in [0.717, 1.165) is 12.8 Å². The first-order valence-corrected chi connectivity index (χ1v) is 10.8. The lowest BCUT2D eigenvalue weighted by Crippen LogP contribution is -3.00. The van der Waals surface area contributed by atoms with E-state index in [1.54, 1.807) is 0 Å². The van der Waals surface area contributed by atoms with Crippen molar-refractivity contribution >= 4 is 0 Å². The van der Waals surface area contributed by atoms with Crippen LogP contribution in [0, 0.1) is 0 Å². The topological polar surface area (TPSA) is 60.7 Å². The van der Waals surface area contributed by atoms with Gasteiger partial charge in [-0.05, 0) is 6.42 Å². The first-order chi connectivity index (χ1) is 12.1. The first-order valence-electron chi connectivity index (χ1n) is 10.8. The molecule has 3 N–H and O–H groups in total. The molecule has 0 aromatic rings. The van der Waals surface area contributed by atoms with Crippen LogP contribution in [-0.2, 0) is 0 Å². The molecule has 0 spiro atoms. The van der Waals surface area contributed by atoms with E-state index in [4.69, 9.17) is 10.2 Å². The molecular formula is C21H46ClNO3. The fourth-order valence-corrected chi connectivity index (χ4v) is 3.60. The minimum Gasteiger partial charge on any atom is -1.00 e. The number of nitrogens with zero attached hydrogens (tertiary/aromatic N) is 1. The highest BCUT2D eigenvalue weighted by Crippen LogP contribution is 2.14. The van der Waals surface area contributed by atoms with Gasteiger partial charge in [0.05, 0.1) is 20.3 Å². The third-order valence-electron chi connectivity index (χ3n) is 5.32. The number of quaternary nitrogens is 1. The van der Waals surface area contributed by atoms with Crippen LogP contribution in [0.1, 0.15) is 90.4 Å². The number of hydrogen-bond donors (Lipinski definition) is 3. The van der Waals surface area contributed by atoms with Crippen LogP contribution in [0.5, 0.6) is 0 Å². The summed E-state index contributed by atoms with van der Waals surface area (Å²) in [5.74, 6) is 0. The zero-order valence-electron chi connectivity index (χ0n) is 17.5. The van der Waals surface area contributed by atoms with Gasteiger partial charge >= 0.3 is 0 Å². The SMILES string of the molecule is CCCCCCCCCCCCCCC(O)C[N+](C)(CCO)CCO.[Cl-]. The van der Waals surface area contributed by atoms with Gasteiger partial charge in [-0.25, -0.2) is 0 Å². The summed E-state index contributed by atoms with van der Waals surface area (Å²) in [6.45, 7) is 4.27. The van der Waals surface area contributed by atoms with Crippen molar-refractivity contribution in [3.63, 3.8) is 0 Å². The molecule has 0 amide bonds. The van der Waals surface area contributed by atoms with Crippen molar-refractivity contribution in [1.82, 2.24) is 0 Å². The van der Waals surface area contributed by atoms with Gasteiger partial charge in [-0.1, -0.05) is 84.0 Å². The summed E-state index contributed by atoms with van der Waals surface area (Å²) in [4.78, 5) is 0. The Kier molecular flexibility index (Phi) is 21.7. The van der Waals surface area contributed by atoms with Crippen molar-refractivity contribution in [2.75, 3.05) is 39.9 Å². The van der Waals surface area contributed by atoms with Gasteiger partial charge in [-0.15, -0.1) is 0 Å². The lowest BCUT2D eigenvalue weighted by molar-refractivity contribution is -0.913. The lowest BCUT2D eigenvalue weighted by Gasteiger charge is -2.35. The van der Waals surface area contributed by atoms with Crippen LogP contribution in [0.25, 0.3) is 0 Å². The predicted molar refractivity (Wildman–Crippen MR) is 107 cm³/mol. The van der Waals surface area contributed by atoms with E-state index in [1.807, 2.05) is 7.05 Å². The van der Waals surface area contributed by atoms with Crippen molar-refractivity contribution in [2.24, 2.45) is 0 Å². The van der Waals surface area contributed by atoms with Crippen LogP contribution >= 0.6 is 0 Å². The number of unbranched alkanes of at least 4 members (excludes halogenated alkanes) is 11. The number of aliphatic hydroxyl groups excluding tert-OH is 3. The highest BCUT2D eigenvalue weighted by molar-refractivity contribution is 4.57. The van der Waals surface area contributed by atoms with Gasteiger partial charge in [0.25, 0.3) is 0 Å². The average Bonchev–Trinajstić information content (AvgIpc) is 2.56. The lowest BCUT2D eigenvalue weighted by atomic mass is 10.0. The molecule has 0 rings (SSSR count). The summed E-state index contributed by atoms with van der Waals surface area (Å²) in [6, 6.07) is 0. The molecule has 0 saturated heterocycles. The van der Waals surface area contributed by atoms with E-state index in [1.165, 1.54) is 70.6 Å². The Morgan fingerprint density at radius 2 is 1.08 bits per heavy atom. The first kappa shape index (κ1) is 28.3. The second-order valence-electron chi connectivity index (χ2n) is 8.03. The normalized spacial score (nSPS) is 12.8. The van der Waals surface area contributed by atoms with Gasteiger partial charge in [-0.2, -0.15) is 0 Å². The molecule has 26 heavy (non-hydrogen) atoms. The van der Waals surface area contributed by atoms with Crippen LogP contribution < -0.4 is 12.4 Å². The Morgan fingerprint density at radius 3 is 1.46 bits per heavy atom.